The van der Waals surface area contributed by atoms with Crippen LogP contribution in [0.2, 0.25) is 0 Å². The molecule has 0 radical (unpaired) electrons. The Balaban J connectivity index is 1.66. The van der Waals surface area contributed by atoms with Gasteiger partial charge in [-0.3, -0.25) is 24.3 Å². The lowest BCUT2D eigenvalue weighted by Gasteiger charge is -2.32. The number of carbonyl (C=O) groups excluding carboxylic acids is 3. The molecule has 0 unspecified atom stereocenters. The predicted molar refractivity (Wildman–Crippen MR) is 153 cm³/mol. The Morgan fingerprint density at radius 1 is 0.950 bits per heavy atom. The SMILES string of the molecule is Cc1ccc(C)c(N(C(=O)/C=C/C(=O)Nc2cc(C)on2)[C@H](C(=O)NCCc2ccccc2)c2ccncc2)c1. The lowest BCUT2D eigenvalue weighted by Crippen LogP contribution is -2.44. The molecule has 9 heteroatoms. The molecule has 204 valence electrons. The Morgan fingerprint density at radius 3 is 2.40 bits per heavy atom. The van der Waals surface area contributed by atoms with E-state index in [0.29, 0.717) is 30.0 Å². The number of aromatic nitrogens is 2. The summed E-state index contributed by atoms with van der Waals surface area (Å²) >= 11 is 0. The molecule has 2 aromatic heterocycles. The Bertz CT molecular complexity index is 1500. The van der Waals surface area contributed by atoms with Gasteiger partial charge in [-0.05, 0) is 67.6 Å². The van der Waals surface area contributed by atoms with Crippen LogP contribution in [0.1, 0.15) is 34.1 Å². The molecule has 2 aromatic carbocycles. The van der Waals surface area contributed by atoms with Crippen LogP contribution in [0.25, 0.3) is 0 Å². The maximum absolute atomic E-state index is 13.8. The third kappa shape index (κ3) is 7.28. The van der Waals surface area contributed by atoms with Gasteiger partial charge in [0.15, 0.2) is 5.82 Å². The lowest BCUT2D eigenvalue weighted by atomic mass is 10.0. The summed E-state index contributed by atoms with van der Waals surface area (Å²) in [5.41, 5.74) is 3.94. The van der Waals surface area contributed by atoms with Crippen molar-refractivity contribution in [3.8, 4) is 0 Å². The van der Waals surface area contributed by atoms with Crippen LogP contribution in [0.15, 0.2) is 95.8 Å². The van der Waals surface area contributed by atoms with E-state index in [-0.39, 0.29) is 11.7 Å². The summed E-state index contributed by atoms with van der Waals surface area (Å²) in [6.45, 7) is 5.87. The van der Waals surface area contributed by atoms with Gasteiger partial charge in [0, 0.05) is 42.8 Å². The minimum atomic E-state index is -1.02. The number of pyridine rings is 1. The number of aryl methyl sites for hydroxylation is 3. The van der Waals surface area contributed by atoms with Gasteiger partial charge in [-0.15, -0.1) is 0 Å². The summed E-state index contributed by atoms with van der Waals surface area (Å²) in [6.07, 6.45) is 6.05. The molecule has 0 aliphatic rings. The first-order chi connectivity index (χ1) is 19.3. The number of anilines is 2. The number of hydrogen-bond donors (Lipinski definition) is 2. The van der Waals surface area contributed by atoms with Crippen molar-refractivity contribution in [1.82, 2.24) is 15.5 Å². The number of carbonyl (C=O) groups is 3. The van der Waals surface area contributed by atoms with Crippen molar-refractivity contribution < 1.29 is 18.9 Å². The first-order valence-electron chi connectivity index (χ1n) is 12.9. The van der Waals surface area contributed by atoms with Gasteiger partial charge in [0.1, 0.15) is 11.8 Å². The zero-order valence-corrected chi connectivity index (χ0v) is 22.6. The molecule has 0 aliphatic heterocycles. The summed E-state index contributed by atoms with van der Waals surface area (Å²) in [5.74, 6) is -0.684. The van der Waals surface area contributed by atoms with E-state index in [1.54, 1.807) is 37.5 Å². The van der Waals surface area contributed by atoms with Gasteiger partial charge < -0.3 is 15.2 Å². The molecule has 4 aromatic rings. The van der Waals surface area contributed by atoms with Gasteiger partial charge in [0.05, 0.1) is 0 Å². The molecule has 40 heavy (non-hydrogen) atoms. The Labute approximate surface area is 232 Å². The molecule has 2 N–H and O–H groups in total. The van der Waals surface area contributed by atoms with Crippen LogP contribution in [-0.2, 0) is 20.8 Å². The molecule has 0 saturated heterocycles. The highest BCUT2D eigenvalue weighted by atomic mass is 16.5. The molecule has 9 nitrogen and oxygen atoms in total. The predicted octanol–water partition coefficient (Wildman–Crippen LogP) is 4.62. The normalized spacial score (nSPS) is 11.7. The molecular weight excluding hydrogens is 506 g/mol. The van der Waals surface area contributed by atoms with Gasteiger partial charge in [-0.1, -0.05) is 47.6 Å². The van der Waals surface area contributed by atoms with Crippen molar-refractivity contribution in [1.29, 1.82) is 0 Å². The first-order valence-corrected chi connectivity index (χ1v) is 12.9. The quantitative estimate of drug-likeness (QED) is 0.285. The topological polar surface area (TPSA) is 117 Å². The van der Waals surface area contributed by atoms with Crippen molar-refractivity contribution in [2.75, 3.05) is 16.8 Å². The summed E-state index contributed by atoms with van der Waals surface area (Å²) < 4.78 is 4.97. The number of nitrogens with zero attached hydrogens (tertiary/aromatic N) is 3. The number of benzene rings is 2. The number of nitrogens with one attached hydrogen (secondary N) is 2. The van der Waals surface area contributed by atoms with E-state index >= 15 is 0 Å². The number of hydrogen-bond acceptors (Lipinski definition) is 6. The molecule has 0 spiro atoms. The second-order valence-electron chi connectivity index (χ2n) is 9.35. The highest BCUT2D eigenvalue weighted by molar-refractivity contribution is 6.10. The van der Waals surface area contributed by atoms with Crippen LogP contribution in [0.5, 0.6) is 0 Å². The Hall–Kier alpha value is -5.05. The van der Waals surface area contributed by atoms with E-state index in [4.69, 9.17) is 4.52 Å². The van der Waals surface area contributed by atoms with Crippen molar-refractivity contribution in [2.24, 2.45) is 0 Å². The zero-order chi connectivity index (χ0) is 28.5. The van der Waals surface area contributed by atoms with Crippen molar-refractivity contribution >= 4 is 29.2 Å². The fourth-order valence-electron chi connectivity index (χ4n) is 4.22. The monoisotopic (exact) mass is 537 g/mol. The smallest absolute Gasteiger partial charge is 0.252 e. The van der Waals surface area contributed by atoms with E-state index in [2.05, 4.69) is 20.8 Å². The molecule has 4 rings (SSSR count). The summed E-state index contributed by atoms with van der Waals surface area (Å²) in [4.78, 5) is 45.6. The molecule has 0 saturated carbocycles. The fourth-order valence-corrected chi connectivity index (χ4v) is 4.22. The second kappa shape index (κ2) is 13.1. The zero-order valence-electron chi connectivity index (χ0n) is 22.6. The second-order valence-corrected chi connectivity index (χ2v) is 9.35. The van der Waals surface area contributed by atoms with Gasteiger partial charge in [-0.2, -0.15) is 0 Å². The molecule has 0 bridgehead atoms. The number of amides is 3. The van der Waals surface area contributed by atoms with Crippen LogP contribution in [0, 0.1) is 20.8 Å². The van der Waals surface area contributed by atoms with Gasteiger partial charge in [0.25, 0.3) is 5.91 Å². The highest BCUT2D eigenvalue weighted by Crippen LogP contribution is 2.31. The molecule has 0 fully saturated rings. The standard InChI is InChI=1S/C31H31N5O4/c1-21-9-10-22(2)26(19-21)36(29(38)12-11-28(37)34-27-20-23(3)40-35-27)30(25-14-16-32-17-15-25)31(39)33-18-13-24-7-5-4-6-8-24/h4-12,14-17,19-20,30H,13,18H2,1-3H3,(H,33,39)(H,34,35,37)/b12-11+/t30-/m0/s1. The molecule has 3 amide bonds. The van der Waals surface area contributed by atoms with Gasteiger partial charge in [-0.25, -0.2) is 0 Å². The van der Waals surface area contributed by atoms with Gasteiger partial charge in [0.2, 0.25) is 11.8 Å². The highest BCUT2D eigenvalue weighted by Gasteiger charge is 2.32. The Kier molecular flexibility index (Phi) is 9.19. The maximum atomic E-state index is 13.8. The minimum absolute atomic E-state index is 0.235. The van der Waals surface area contributed by atoms with Crippen molar-refractivity contribution in [3.05, 3.63) is 119 Å². The fraction of sp³-hybridized carbons (Fsp3) is 0.194. The summed E-state index contributed by atoms with van der Waals surface area (Å²) in [7, 11) is 0. The molecule has 1 atom stereocenters. The number of rotatable bonds is 10. The maximum Gasteiger partial charge on any atom is 0.252 e. The molecular formula is C31H31N5O4. The first kappa shape index (κ1) is 28.0. The summed E-state index contributed by atoms with van der Waals surface area (Å²) in [6, 6.07) is 19.5. The van der Waals surface area contributed by atoms with Crippen LogP contribution in [-0.4, -0.2) is 34.4 Å². The van der Waals surface area contributed by atoms with E-state index < -0.39 is 17.9 Å². The third-order valence-electron chi connectivity index (χ3n) is 6.20. The largest absolute Gasteiger partial charge is 0.360 e. The molecule has 2 heterocycles. The minimum Gasteiger partial charge on any atom is -0.360 e. The Morgan fingerprint density at radius 2 is 1.70 bits per heavy atom. The van der Waals surface area contributed by atoms with Gasteiger partial charge >= 0.3 is 0 Å². The van der Waals surface area contributed by atoms with E-state index in [0.717, 1.165) is 28.8 Å². The van der Waals surface area contributed by atoms with Crippen LogP contribution < -0.4 is 15.5 Å². The average molecular weight is 538 g/mol. The van der Waals surface area contributed by atoms with E-state index in [1.807, 2.05) is 62.4 Å². The van der Waals surface area contributed by atoms with E-state index in [1.165, 1.54) is 4.90 Å². The van der Waals surface area contributed by atoms with Crippen molar-refractivity contribution in [3.63, 3.8) is 0 Å². The molecule has 0 aliphatic carbocycles. The van der Waals surface area contributed by atoms with Crippen LogP contribution >= 0.6 is 0 Å². The third-order valence-corrected chi connectivity index (χ3v) is 6.20. The summed E-state index contributed by atoms with van der Waals surface area (Å²) in [5, 5.41) is 9.28. The van der Waals surface area contributed by atoms with Crippen LogP contribution in [0.3, 0.4) is 0 Å². The lowest BCUT2D eigenvalue weighted by molar-refractivity contribution is -0.125. The van der Waals surface area contributed by atoms with Crippen molar-refractivity contribution in [2.45, 2.75) is 33.2 Å². The van der Waals surface area contributed by atoms with Crippen LogP contribution in [0.4, 0.5) is 11.5 Å². The average Bonchev–Trinajstić information content (AvgIpc) is 3.36. The van der Waals surface area contributed by atoms with E-state index in [9.17, 15) is 14.4 Å².